The number of fused-ring (bicyclic) bond motifs is 1. The fourth-order valence-electron chi connectivity index (χ4n) is 11.9. The highest BCUT2D eigenvalue weighted by atomic mass is 15.5. The van der Waals surface area contributed by atoms with Gasteiger partial charge in [0.2, 0.25) is 0 Å². The summed E-state index contributed by atoms with van der Waals surface area (Å²) in [5, 5.41) is 23.8. The van der Waals surface area contributed by atoms with E-state index in [1.165, 1.54) is 37.7 Å². The lowest BCUT2D eigenvalue weighted by Gasteiger charge is -2.38. The molecule has 0 atom stereocenters. The van der Waals surface area contributed by atoms with E-state index in [9.17, 15) is 0 Å². The van der Waals surface area contributed by atoms with Crippen LogP contribution in [-0.4, -0.2) is 42.3 Å². The molecule has 74 heavy (non-hydrogen) atoms. The number of anilines is 1. The summed E-state index contributed by atoms with van der Waals surface area (Å²) in [7, 11) is 0. The van der Waals surface area contributed by atoms with E-state index >= 15 is 0 Å². The van der Waals surface area contributed by atoms with Crippen molar-refractivity contribution in [2.45, 2.75) is 74.5 Å². The van der Waals surface area contributed by atoms with Crippen LogP contribution >= 0.6 is 0 Å². The average Bonchev–Trinajstić information content (AvgIpc) is 4.13. The smallest absolute Gasteiger partial charge is 0.182 e. The van der Waals surface area contributed by atoms with Crippen LogP contribution in [0.2, 0.25) is 0 Å². The lowest BCUT2D eigenvalue weighted by molar-refractivity contribution is 0.266. The molecule has 0 aliphatic heterocycles. The van der Waals surface area contributed by atoms with Crippen molar-refractivity contribution in [3.8, 4) is 0 Å². The standard InChI is InChI=1S/C66H62N8/c1-8-25-50(26-9-1)51-39-41-59(42-40-51)67-44-43-60(52-46-68-73(48-52)47-49-23-22-24-49)61-45-62(70-65(53-27-10-2-11-28-53,54-29-12-3-13-30-54)55-31-14-4-15-32-55)69-64-63(61)71-72-74(64)66(56-33-16-5-17-34-56,57-35-18-6-19-36-57)58-37-20-7-21-38-58/h1-21,25-38,43,45-46,48-49,51,59,67H,22-24,39-42,44,47H2,(H,69,70)/b60-43+. The summed E-state index contributed by atoms with van der Waals surface area (Å²) in [6.45, 7) is 1.58. The van der Waals surface area contributed by atoms with Crippen LogP contribution in [0.5, 0.6) is 0 Å². The van der Waals surface area contributed by atoms with Crippen molar-refractivity contribution in [1.29, 1.82) is 0 Å². The first kappa shape index (κ1) is 46.8. The van der Waals surface area contributed by atoms with Gasteiger partial charge in [-0.25, -0.2) is 9.67 Å². The molecule has 0 amide bonds. The molecule has 0 saturated heterocycles. The maximum absolute atomic E-state index is 5.79. The zero-order valence-electron chi connectivity index (χ0n) is 41.8. The Morgan fingerprint density at radius 3 is 1.54 bits per heavy atom. The monoisotopic (exact) mass is 967 g/mol. The highest BCUT2D eigenvalue weighted by molar-refractivity contribution is 5.94. The molecule has 2 N–H and O–H groups in total. The van der Waals surface area contributed by atoms with Crippen LogP contribution in [0.4, 0.5) is 5.82 Å². The summed E-state index contributed by atoms with van der Waals surface area (Å²) in [5.74, 6) is 1.93. The van der Waals surface area contributed by atoms with Gasteiger partial charge < -0.3 is 10.6 Å². The maximum atomic E-state index is 5.79. The van der Waals surface area contributed by atoms with Gasteiger partial charge in [0.05, 0.1) is 6.20 Å². The quantitative estimate of drug-likeness (QED) is 0.0885. The molecule has 0 bridgehead atoms. The molecule has 0 unspecified atom stereocenters. The highest BCUT2D eigenvalue weighted by Gasteiger charge is 2.43. The second-order valence-electron chi connectivity index (χ2n) is 20.2. The van der Waals surface area contributed by atoms with Gasteiger partial charge in [0.25, 0.3) is 0 Å². The van der Waals surface area contributed by atoms with Crippen LogP contribution in [0.3, 0.4) is 0 Å². The van der Waals surface area contributed by atoms with Gasteiger partial charge in [0.1, 0.15) is 22.4 Å². The van der Waals surface area contributed by atoms with Crippen LogP contribution in [0, 0.1) is 5.92 Å². The second-order valence-corrected chi connectivity index (χ2v) is 20.2. The van der Waals surface area contributed by atoms with Crippen molar-refractivity contribution in [3.63, 3.8) is 0 Å². The molecule has 366 valence electrons. The molecular weight excluding hydrogens is 905 g/mol. The number of benzene rings is 7. The van der Waals surface area contributed by atoms with Crippen LogP contribution in [-0.2, 0) is 17.6 Å². The summed E-state index contributed by atoms with van der Waals surface area (Å²) in [6.07, 6.45) is 15.0. The number of rotatable bonds is 17. The molecule has 2 aliphatic rings. The van der Waals surface area contributed by atoms with Gasteiger partial charge in [-0.15, -0.1) is 5.10 Å². The minimum absolute atomic E-state index is 0.413. The Bertz CT molecular complexity index is 3230. The van der Waals surface area contributed by atoms with E-state index in [4.69, 9.17) is 20.4 Å². The van der Waals surface area contributed by atoms with Crippen molar-refractivity contribution in [2.75, 3.05) is 11.9 Å². The maximum Gasteiger partial charge on any atom is 0.182 e. The third-order valence-corrected chi connectivity index (χ3v) is 15.9. The van der Waals surface area contributed by atoms with E-state index in [1.54, 1.807) is 0 Å². The molecule has 2 fully saturated rings. The number of hydrogen-bond donors (Lipinski definition) is 2. The number of nitrogens with one attached hydrogen (secondary N) is 2. The molecule has 8 heteroatoms. The first-order valence-electron chi connectivity index (χ1n) is 26.6. The first-order chi connectivity index (χ1) is 36.7. The Balaban J connectivity index is 1.08. The molecule has 10 aromatic rings. The Morgan fingerprint density at radius 2 is 1.05 bits per heavy atom. The summed E-state index contributed by atoms with van der Waals surface area (Å²) in [4.78, 5) is 5.79. The summed E-state index contributed by atoms with van der Waals surface area (Å²) < 4.78 is 4.23. The first-order valence-corrected chi connectivity index (χ1v) is 26.6. The minimum atomic E-state index is -0.978. The van der Waals surface area contributed by atoms with Gasteiger partial charge in [-0.1, -0.05) is 230 Å². The Morgan fingerprint density at radius 1 is 0.568 bits per heavy atom. The zero-order valence-corrected chi connectivity index (χ0v) is 41.8. The Kier molecular flexibility index (Phi) is 13.4. The normalized spacial score (nSPS) is 16.5. The van der Waals surface area contributed by atoms with Crippen molar-refractivity contribution >= 4 is 22.6 Å². The molecule has 0 spiro atoms. The van der Waals surface area contributed by atoms with Gasteiger partial charge in [-0.2, -0.15) is 5.10 Å². The van der Waals surface area contributed by atoms with Crippen molar-refractivity contribution in [1.82, 2.24) is 35.1 Å². The van der Waals surface area contributed by atoms with E-state index < -0.39 is 11.1 Å². The molecule has 3 aromatic heterocycles. The number of nitrogens with zero attached hydrogens (tertiary/aromatic N) is 6. The van der Waals surface area contributed by atoms with E-state index in [0.29, 0.717) is 41.4 Å². The summed E-state index contributed by atoms with van der Waals surface area (Å²) in [6, 6.07) is 78.0. The molecule has 12 rings (SSSR count). The molecule has 0 radical (unpaired) electrons. The predicted octanol–water partition coefficient (Wildman–Crippen LogP) is 13.8. The number of hydrogen-bond acceptors (Lipinski definition) is 6. The van der Waals surface area contributed by atoms with Gasteiger partial charge in [0.15, 0.2) is 5.65 Å². The van der Waals surface area contributed by atoms with Gasteiger partial charge in [-0.05, 0) is 101 Å². The molecule has 3 heterocycles. The molecule has 2 aliphatic carbocycles. The Labute approximate surface area is 434 Å². The van der Waals surface area contributed by atoms with E-state index in [2.05, 4.69) is 251 Å². The number of pyridine rings is 1. The zero-order chi connectivity index (χ0) is 49.6. The van der Waals surface area contributed by atoms with Crippen molar-refractivity contribution in [2.24, 2.45) is 5.92 Å². The third kappa shape index (κ3) is 9.04. The topological polar surface area (TPSA) is 85.5 Å². The van der Waals surface area contributed by atoms with Crippen LogP contribution in [0.25, 0.3) is 16.7 Å². The fourth-order valence-corrected chi connectivity index (χ4v) is 11.9. The largest absolute Gasteiger partial charge is 0.353 e. The third-order valence-electron chi connectivity index (χ3n) is 15.9. The van der Waals surface area contributed by atoms with Crippen molar-refractivity contribution in [3.05, 3.63) is 287 Å². The van der Waals surface area contributed by atoms with Crippen molar-refractivity contribution < 1.29 is 0 Å². The van der Waals surface area contributed by atoms with Gasteiger partial charge in [-0.3, -0.25) is 4.68 Å². The second kappa shape index (κ2) is 21.1. The van der Waals surface area contributed by atoms with E-state index in [1.807, 2.05) is 6.20 Å². The van der Waals surface area contributed by atoms with Gasteiger partial charge >= 0.3 is 0 Å². The SMILES string of the molecule is C(/CNC1CCC(c2ccccc2)CC1)=C(/c1cnn(CC2CCC2)c1)c1cc(NC(c2ccccc2)(c2ccccc2)c2ccccc2)nc2c1nnn2C(c1ccccc1)(c1ccccc1)c1ccccc1. The summed E-state index contributed by atoms with van der Waals surface area (Å²) in [5.41, 5.74) is 10.3. The predicted molar refractivity (Wildman–Crippen MR) is 299 cm³/mol. The molecule has 8 nitrogen and oxygen atoms in total. The molecule has 2 saturated carbocycles. The molecule has 7 aromatic carbocycles. The highest BCUT2D eigenvalue weighted by Crippen LogP contribution is 2.45. The molecular formula is C66H62N8. The van der Waals surface area contributed by atoms with E-state index in [0.717, 1.165) is 69.5 Å². The summed E-state index contributed by atoms with van der Waals surface area (Å²) >= 11 is 0. The minimum Gasteiger partial charge on any atom is -0.353 e. The lowest BCUT2D eigenvalue weighted by atomic mass is 9.77. The lowest BCUT2D eigenvalue weighted by Crippen LogP contribution is -2.39. The fraction of sp³-hybridized carbons (Fsp3) is 0.212. The van der Waals surface area contributed by atoms with Gasteiger partial charge in [0, 0.05) is 36.5 Å². The Hall–Kier alpha value is -8.20. The average molecular weight is 967 g/mol. The van der Waals surface area contributed by atoms with E-state index in [-0.39, 0.29) is 0 Å². The van der Waals surface area contributed by atoms with Crippen LogP contribution in [0.1, 0.15) is 101 Å². The van der Waals surface area contributed by atoms with Crippen LogP contribution < -0.4 is 10.6 Å². The van der Waals surface area contributed by atoms with Crippen LogP contribution in [0.15, 0.2) is 237 Å². The number of aromatic nitrogens is 6.